The van der Waals surface area contributed by atoms with E-state index in [0.29, 0.717) is 0 Å². The SMILES string of the molecule is CC(C(=O)NCc1ccc(C(C)(C)C)nc1N1CCCCCC1)c1ccc(S(C)(=O)=O)c(F)c1N. The molecule has 0 radical (unpaired) electrons. The van der Waals surface area contributed by atoms with Crippen LogP contribution in [0.2, 0.25) is 0 Å². The Kier molecular flexibility index (Phi) is 8.09. The zero-order valence-corrected chi connectivity index (χ0v) is 22.1. The summed E-state index contributed by atoms with van der Waals surface area (Å²) in [6.07, 6.45) is 5.54. The van der Waals surface area contributed by atoms with Crippen molar-refractivity contribution in [3.8, 4) is 0 Å². The quantitative estimate of drug-likeness (QED) is 0.568. The van der Waals surface area contributed by atoms with Crippen LogP contribution in [0.4, 0.5) is 15.9 Å². The van der Waals surface area contributed by atoms with Crippen molar-refractivity contribution >= 4 is 27.2 Å². The standard InChI is InChI=1S/C26H37FN4O3S/c1-17(19-11-12-20(35(5,33)34)22(27)23(19)28)25(32)29-16-18-10-13-21(26(2,3)4)30-24(18)31-14-8-6-7-9-15-31/h10-13,17H,6-9,14-16,28H2,1-5H3,(H,29,32). The van der Waals surface area contributed by atoms with Crippen LogP contribution in [-0.4, -0.2) is 38.7 Å². The molecule has 1 atom stereocenters. The van der Waals surface area contributed by atoms with Crippen molar-refractivity contribution in [3.63, 3.8) is 0 Å². The van der Waals surface area contributed by atoms with Gasteiger partial charge in [-0.15, -0.1) is 0 Å². The average molecular weight is 505 g/mol. The molecule has 0 saturated carbocycles. The van der Waals surface area contributed by atoms with Crippen molar-refractivity contribution in [2.45, 2.75) is 76.2 Å². The number of carbonyl (C=O) groups excluding carboxylic acids is 1. The Balaban J connectivity index is 1.83. The molecule has 2 aromatic rings. The van der Waals surface area contributed by atoms with Crippen molar-refractivity contribution in [2.75, 3.05) is 30.0 Å². The number of hydrogen-bond donors (Lipinski definition) is 2. The maximum absolute atomic E-state index is 14.6. The minimum absolute atomic E-state index is 0.101. The first-order chi connectivity index (χ1) is 16.3. The lowest BCUT2D eigenvalue weighted by atomic mass is 9.91. The molecule has 1 saturated heterocycles. The van der Waals surface area contributed by atoms with E-state index in [1.54, 1.807) is 6.92 Å². The van der Waals surface area contributed by atoms with E-state index >= 15 is 0 Å². The average Bonchev–Trinajstić information content (AvgIpc) is 3.06. The largest absolute Gasteiger partial charge is 0.396 e. The van der Waals surface area contributed by atoms with Gasteiger partial charge in [0.2, 0.25) is 5.91 Å². The van der Waals surface area contributed by atoms with E-state index in [9.17, 15) is 17.6 Å². The number of sulfone groups is 1. The fourth-order valence-electron chi connectivity index (χ4n) is 4.32. The highest BCUT2D eigenvalue weighted by Crippen LogP contribution is 2.30. The maximum Gasteiger partial charge on any atom is 0.227 e. The lowest BCUT2D eigenvalue weighted by Crippen LogP contribution is -2.31. The van der Waals surface area contributed by atoms with Crippen LogP contribution in [-0.2, 0) is 26.6 Å². The Bertz CT molecular complexity index is 1180. The molecule has 1 aliphatic rings. The number of pyridine rings is 1. The fourth-order valence-corrected chi connectivity index (χ4v) is 5.07. The lowest BCUT2D eigenvalue weighted by Gasteiger charge is -2.27. The first-order valence-corrected chi connectivity index (χ1v) is 14.0. The summed E-state index contributed by atoms with van der Waals surface area (Å²) in [6, 6.07) is 6.59. The van der Waals surface area contributed by atoms with E-state index in [1.165, 1.54) is 18.9 Å². The summed E-state index contributed by atoms with van der Waals surface area (Å²) in [4.78, 5) is 19.8. The monoisotopic (exact) mass is 504 g/mol. The van der Waals surface area contributed by atoms with Gasteiger partial charge in [0.1, 0.15) is 10.7 Å². The van der Waals surface area contributed by atoms with Crippen molar-refractivity contribution < 1.29 is 17.6 Å². The molecular formula is C26H37FN4O3S. The summed E-state index contributed by atoms with van der Waals surface area (Å²) in [7, 11) is -3.76. The van der Waals surface area contributed by atoms with Crippen LogP contribution in [0, 0.1) is 5.82 Å². The third-order valence-corrected chi connectivity index (χ3v) is 7.63. The van der Waals surface area contributed by atoms with Crippen LogP contribution < -0.4 is 16.0 Å². The number of rotatable bonds is 6. The molecule has 9 heteroatoms. The minimum Gasteiger partial charge on any atom is -0.396 e. The molecule has 1 unspecified atom stereocenters. The summed E-state index contributed by atoms with van der Waals surface area (Å²) in [5.74, 6) is -1.21. The van der Waals surface area contributed by atoms with Gasteiger partial charge in [-0.05, 0) is 37.5 Å². The molecule has 1 aliphatic heterocycles. The molecule has 3 N–H and O–H groups in total. The van der Waals surface area contributed by atoms with E-state index in [0.717, 1.165) is 55.3 Å². The molecule has 1 aromatic heterocycles. The number of nitrogens with zero attached hydrogens (tertiary/aromatic N) is 2. The van der Waals surface area contributed by atoms with Gasteiger partial charge in [0.05, 0.1) is 11.6 Å². The smallest absolute Gasteiger partial charge is 0.227 e. The zero-order valence-electron chi connectivity index (χ0n) is 21.3. The van der Waals surface area contributed by atoms with E-state index < -0.39 is 26.5 Å². The van der Waals surface area contributed by atoms with Crippen LogP contribution in [0.5, 0.6) is 0 Å². The van der Waals surface area contributed by atoms with Crippen LogP contribution in [0.25, 0.3) is 0 Å². The van der Waals surface area contributed by atoms with E-state index in [4.69, 9.17) is 10.7 Å². The van der Waals surface area contributed by atoms with Gasteiger partial charge >= 0.3 is 0 Å². The van der Waals surface area contributed by atoms with E-state index in [-0.39, 0.29) is 29.1 Å². The second kappa shape index (κ2) is 10.5. The summed E-state index contributed by atoms with van der Waals surface area (Å²) in [5, 5.41) is 2.94. The Morgan fingerprint density at radius 1 is 1.14 bits per heavy atom. The second-order valence-electron chi connectivity index (χ2n) is 10.4. The topological polar surface area (TPSA) is 105 Å². The Morgan fingerprint density at radius 2 is 1.77 bits per heavy atom. The van der Waals surface area contributed by atoms with Crippen LogP contribution in [0.3, 0.4) is 0 Å². The van der Waals surface area contributed by atoms with Gasteiger partial charge in [0.15, 0.2) is 15.7 Å². The van der Waals surface area contributed by atoms with Gasteiger partial charge in [-0.3, -0.25) is 4.79 Å². The molecule has 35 heavy (non-hydrogen) atoms. The number of halogens is 1. The van der Waals surface area contributed by atoms with Crippen molar-refractivity contribution in [2.24, 2.45) is 0 Å². The molecule has 0 bridgehead atoms. The van der Waals surface area contributed by atoms with Gasteiger partial charge in [-0.25, -0.2) is 17.8 Å². The van der Waals surface area contributed by atoms with Gasteiger partial charge in [0, 0.05) is 42.6 Å². The maximum atomic E-state index is 14.6. The summed E-state index contributed by atoms with van der Waals surface area (Å²) >= 11 is 0. The fraction of sp³-hybridized carbons (Fsp3) is 0.538. The third kappa shape index (κ3) is 6.31. The number of carbonyl (C=O) groups is 1. The molecule has 3 rings (SSSR count). The van der Waals surface area contributed by atoms with Crippen LogP contribution in [0.1, 0.15) is 76.1 Å². The number of aromatic nitrogens is 1. The van der Waals surface area contributed by atoms with Crippen molar-refractivity contribution in [3.05, 3.63) is 46.9 Å². The normalized spacial score (nSPS) is 16.0. The van der Waals surface area contributed by atoms with E-state index in [2.05, 4.69) is 31.0 Å². The first kappa shape index (κ1) is 26.9. The number of nitrogens with two attached hydrogens (primary N) is 1. The molecule has 192 valence electrons. The van der Waals surface area contributed by atoms with Gasteiger partial charge in [0.25, 0.3) is 0 Å². The Labute approximate surface area is 208 Å². The number of nitrogen functional groups attached to an aromatic ring is 1. The highest BCUT2D eigenvalue weighted by molar-refractivity contribution is 7.90. The summed E-state index contributed by atoms with van der Waals surface area (Å²) < 4.78 is 38.1. The predicted octanol–water partition coefficient (Wildman–Crippen LogP) is 4.30. The highest BCUT2D eigenvalue weighted by atomic mass is 32.2. The number of anilines is 2. The van der Waals surface area contributed by atoms with E-state index in [1.807, 2.05) is 12.1 Å². The molecule has 0 spiro atoms. The number of benzene rings is 1. The third-order valence-electron chi connectivity index (χ3n) is 6.52. The van der Waals surface area contributed by atoms with Gasteiger partial charge in [-0.1, -0.05) is 45.7 Å². The second-order valence-corrected chi connectivity index (χ2v) is 12.4. The van der Waals surface area contributed by atoms with Crippen LogP contribution >= 0.6 is 0 Å². The van der Waals surface area contributed by atoms with Gasteiger partial charge < -0.3 is 16.0 Å². The van der Waals surface area contributed by atoms with Crippen LogP contribution in [0.15, 0.2) is 29.2 Å². The molecule has 0 aliphatic carbocycles. The predicted molar refractivity (Wildman–Crippen MR) is 138 cm³/mol. The summed E-state index contributed by atoms with van der Waals surface area (Å²) in [6.45, 7) is 10.1. The molecule has 1 aromatic carbocycles. The summed E-state index contributed by atoms with van der Waals surface area (Å²) in [5.41, 5.74) is 7.63. The number of amides is 1. The molecule has 7 nitrogen and oxygen atoms in total. The van der Waals surface area contributed by atoms with Gasteiger partial charge in [-0.2, -0.15) is 0 Å². The Morgan fingerprint density at radius 3 is 2.34 bits per heavy atom. The molecule has 2 heterocycles. The Hall–Kier alpha value is -2.68. The number of hydrogen-bond acceptors (Lipinski definition) is 6. The molecular weight excluding hydrogens is 467 g/mol. The minimum atomic E-state index is -3.76. The number of nitrogens with one attached hydrogen (secondary N) is 1. The lowest BCUT2D eigenvalue weighted by molar-refractivity contribution is -0.122. The first-order valence-electron chi connectivity index (χ1n) is 12.1. The molecule has 1 amide bonds. The van der Waals surface area contributed by atoms with Crippen molar-refractivity contribution in [1.29, 1.82) is 0 Å². The highest BCUT2D eigenvalue weighted by Gasteiger charge is 2.25. The zero-order chi connectivity index (χ0) is 26.0. The van der Waals surface area contributed by atoms with Crippen molar-refractivity contribution in [1.82, 2.24) is 10.3 Å². The molecule has 1 fully saturated rings.